The zero-order valence-corrected chi connectivity index (χ0v) is 10.4. The van der Waals surface area contributed by atoms with Crippen LogP contribution < -0.4 is 4.74 Å². The lowest BCUT2D eigenvalue weighted by atomic mass is 10.2. The number of hydrogen-bond donors (Lipinski definition) is 0. The molecule has 0 atom stereocenters. The van der Waals surface area contributed by atoms with Gasteiger partial charge in [-0.1, -0.05) is 11.2 Å². The minimum absolute atomic E-state index is 0.705. The molecule has 4 heteroatoms. The van der Waals surface area contributed by atoms with Crippen LogP contribution >= 0.6 is 11.3 Å². The molecule has 0 aliphatic heterocycles. The van der Waals surface area contributed by atoms with Gasteiger partial charge in [0.2, 0.25) is 5.58 Å². The first-order valence-electron chi connectivity index (χ1n) is 5.29. The van der Waals surface area contributed by atoms with E-state index in [1.165, 1.54) is 4.88 Å². The molecule has 0 saturated heterocycles. The van der Waals surface area contributed by atoms with Gasteiger partial charge in [-0.2, -0.15) is 0 Å². The molecule has 1 aromatic carbocycles. The smallest absolute Gasteiger partial charge is 0.209 e. The molecule has 0 fully saturated rings. The van der Waals surface area contributed by atoms with E-state index in [-0.39, 0.29) is 0 Å². The van der Waals surface area contributed by atoms with E-state index in [9.17, 15) is 0 Å². The second-order valence-electron chi connectivity index (χ2n) is 3.78. The molecule has 2 heterocycles. The van der Waals surface area contributed by atoms with Gasteiger partial charge < -0.3 is 9.26 Å². The average molecular weight is 245 g/mol. The number of methoxy groups -OCH3 is 1. The van der Waals surface area contributed by atoms with Gasteiger partial charge in [0.05, 0.1) is 17.4 Å². The molecule has 0 spiro atoms. The van der Waals surface area contributed by atoms with Crippen molar-refractivity contribution in [3.8, 4) is 16.3 Å². The predicted molar refractivity (Wildman–Crippen MR) is 68.6 cm³/mol. The minimum atomic E-state index is 0.705. The predicted octanol–water partition coefficient (Wildman–Crippen LogP) is 3.87. The zero-order chi connectivity index (χ0) is 11.8. The molecule has 0 bridgehead atoms. The van der Waals surface area contributed by atoms with Crippen LogP contribution in [-0.4, -0.2) is 12.3 Å². The number of nitrogens with zero attached hydrogens (tertiary/aromatic N) is 1. The van der Waals surface area contributed by atoms with E-state index in [0.717, 1.165) is 21.7 Å². The monoisotopic (exact) mass is 245 g/mol. The molecular formula is C13H11NO2S. The molecule has 86 valence electrons. The lowest BCUT2D eigenvalue weighted by Gasteiger charge is -1.97. The fraction of sp³-hybridized carbons (Fsp3) is 0.154. The standard InChI is InChI=1S/C13H11NO2S/c1-8-6-7-11(17-8)12-9-4-3-5-10(15-2)13(9)16-14-12/h3-7H,1-2H3. The van der Waals surface area contributed by atoms with Crippen LogP contribution in [0.4, 0.5) is 0 Å². The molecule has 3 rings (SSSR count). The Kier molecular flexibility index (Phi) is 2.37. The third-order valence-electron chi connectivity index (χ3n) is 2.66. The summed E-state index contributed by atoms with van der Waals surface area (Å²) in [6, 6.07) is 9.97. The molecule has 3 aromatic rings. The second kappa shape index (κ2) is 3.89. The first-order valence-corrected chi connectivity index (χ1v) is 6.10. The number of aryl methyl sites for hydroxylation is 1. The summed E-state index contributed by atoms with van der Waals surface area (Å²) in [6.45, 7) is 2.08. The summed E-state index contributed by atoms with van der Waals surface area (Å²) >= 11 is 1.71. The van der Waals surface area contributed by atoms with Crippen LogP contribution in [0, 0.1) is 6.92 Å². The Morgan fingerprint density at radius 3 is 2.82 bits per heavy atom. The Morgan fingerprint density at radius 2 is 2.12 bits per heavy atom. The number of rotatable bonds is 2. The Bertz CT molecular complexity index is 669. The number of fused-ring (bicyclic) bond motifs is 1. The van der Waals surface area contributed by atoms with Gasteiger partial charge in [0.15, 0.2) is 5.75 Å². The van der Waals surface area contributed by atoms with Crippen molar-refractivity contribution in [1.29, 1.82) is 0 Å². The van der Waals surface area contributed by atoms with Crippen LogP contribution in [0.1, 0.15) is 4.88 Å². The molecule has 0 radical (unpaired) electrons. The largest absolute Gasteiger partial charge is 0.493 e. The number of para-hydroxylation sites is 1. The van der Waals surface area contributed by atoms with Gasteiger partial charge in [-0.15, -0.1) is 11.3 Å². The van der Waals surface area contributed by atoms with E-state index in [4.69, 9.17) is 9.26 Å². The summed E-state index contributed by atoms with van der Waals surface area (Å²) in [7, 11) is 1.63. The maximum atomic E-state index is 5.37. The highest BCUT2D eigenvalue weighted by Gasteiger charge is 2.14. The van der Waals surface area contributed by atoms with Gasteiger partial charge >= 0.3 is 0 Å². The first-order chi connectivity index (χ1) is 8.29. The van der Waals surface area contributed by atoms with Gasteiger partial charge in [-0.05, 0) is 31.2 Å². The van der Waals surface area contributed by atoms with E-state index < -0.39 is 0 Å². The maximum absolute atomic E-state index is 5.37. The molecule has 17 heavy (non-hydrogen) atoms. The number of hydrogen-bond acceptors (Lipinski definition) is 4. The van der Waals surface area contributed by atoms with Crippen molar-refractivity contribution in [1.82, 2.24) is 5.16 Å². The molecular weight excluding hydrogens is 234 g/mol. The normalized spacial score (nSPS) is 10.9. The minimum Gasteiger partial charge on any atom is -0.493 e. The molecule has 2 aromatic heterocycles. The quantitative estimate of drug-likeness (QED) is 0.687. The van der Waals surface area contributed by atoms with Crippen molar-refractivity contribution in [2.24, 2.45) is 0 Å². The van der Waals surface area contributed by atoms with Crippen molar-refractivity contribution < 1.29 is 9.26 Å². The van der Waals surface area contributed by atoms with Gasteiger partial charge in [-0.3, -0.25) is 0 Å². The highest BCUT2D eigenvalue weighted by Crippen LogP contribution is 2.35. The lowest BCUT2D eigenvalue weighted by molar-refractivity contribution is 0.394. The molecule has 0 aliphatic carbocycles. The highest BCUT2D eigenvalue weighted by molar-refractivity contribution is 7.15. The third-order valence-corrected chi connectivity index (χ3v) is 3.66. The van der Waals surface area contributed by atoms with E-state index in [2.05, 4.69) is 24.2 Å². The average Bonchev–Trinajstić information content (AvgIpc) is 2.94. The van der Waals surface area contributed by atoms with Crippen LogP contribution in [0.2, 0.25) is 0 Å². The van der Waals surface area contributed by atoms with Crippen molar-refractivity contribution in [2.75, 3.05) is 7.11 Å². The molecule has 0 N–H and O–H groups in total. The fourth-order valence-corrected chi connectivity index (χ4v) is 2.70. The topological polar surface area (TPSA) is 35.3 Å². The Labute approximate surface area is 103 Å². The first kappa shape index (κ1) is 10.4. The summed E-state index contributed by atoms with van der Waals surface area (Å²) in [5, 5.41) is 5.13. The van der Waals surface area contributed by atoms with E-state index >= 15 is 0 Å². The van der Waals surface area contributed by atoms with E-state index in [0.29, 0.717) is 5.58 Å². The third kappa shape index (κ3) is 1.61. The van der Waals surface area contributed by atoms with E-state index in [1.807, 2.05) is 18.2 Å². The number of ether oxygens (including phenoxy) is 1. The fourth-order valence-electron chi connectivity index (χ4n) is 1.84. The van der Waals surface area contributed by atoms with Crippen LogP contribution in [-0.2, 0) is 0 Å². The van der Waals surface area contributed by atoms with Crippen LogP contribution in [0.3, 0.4) is 0 Å². The zero-order valence-electron chi connectivity index (χ0n) is 9.56. The summed E-state index contributed by atoms with van der Waals surface area (Å²) in [5.41, 5.74) is 1.59. The van der Waals surface area contributed by atoms with Crippen molar-refractivity contribution in [2.45, 2.75) is 6.92 Å². The summed E-state index contributed by atoms with van der Waals surface area (Å²) < 4.78 is 10.6. The SMILES string of the molecule is COc1cccc2c(-c3ccc(C)s3)noc12. The molecule has 0 aliphatic rings. The van der Waals surface area contributed by atoms with Crippen molar-refractivity contribution in [3.63, 3.8) is 0 Å². The highest BCUT2D eigenvalue weighted by atomic mass is 32.1. The lowest BCUT2D eigenvalue weighted by Crippen LogP contribution is -1.81. The Balaban J connectivity index is 2.25. The number of aromatic nitrogens is 1. The molecule has 0 saturated carbocycles. The van der Waals surface area contributed by atoms with Crippen LogP contribution in [0.25, 0.3) is 21.5 Å². The molecule has 0 unspecified atom stereocenters. The summed E-state index contributed by atoms with van der Waals surface area (Å²) in [4.78, 5) is 2.38. The van der Waals surface area contributed by atoms with Gasteiger partial charge in [0.1, 0.15) is 5.69 Å². The Morgan fingerprint density at radius 1 is 1.24 bits per heavy atom. The van der Waals surface area contributed by atoms with Gasteiger partial charge in [0, 0.05) is 4.88 Å². The van der Waals surface area contributed by atoms with Gasteiger partial charge in [-0.25, -0.2) is 0 Å². The van der Waals surface area contributed by atoms with E-state index in [1.54, 1.807) is 18.4 Å². The number of thiophene rings is 1. The number of benzene rings is 1. The van der Waals surface area contributed by atoms with Crippen molar-refractivity contribution in [3.05, 3.63) is 35.2 Å². The molecule has 3 nitrogen and oxygen atoms in total. The Hall–Kier alpha value is -1.81. The maximum Gasteiger partial charge on any atom is 0.209 e. The summed E-state index contributed by atoms with van der Waals surface area (Å²) in [6.07, 6.45) is 0. The van der Waals surface area contributed by atoms with Crippen molar-refractivity contribution >= 4 is 22.3 Å². The molecule has 0 amide bonds. The van der Waals surface area contributed by atoms with Gasteiger partial charge in [0.25, 0.3) is 0 Å². The summed E-state index contributed by atoms with van der Waals surface area (Å²) in [5.74, 6) is 0.717. The second-order valence-corrected chi connectivity index (χ2v) is 5.07. The van der Waals surface area contributed by atoms with Crippen LogP contribution in [0.15, 0.2) is 34.9 Å². The van der Waals surface area contributed by atoms with Crippen LogP contribution in [0.5, 0.6) is 5.75 Å².